The Balaban J connectivity index is 2.23. The molecular formula is C13H14FNO4. The lowest BCUT2D eigenvalue weighted by Gasteiger charge is -2.18. The van der Waals surface area contributed by atoms with Crippen LogP contribution in [0.2, 0.25) is 0 Å². The summed E-state index contributed by atoms with van der Waals surface area (Å²) in [5.74, 6) is -1.90. The lowest BCUT2D eigenvalue weighted by Crippen LogP contribution is -2.33. The van der Waals surface area contributed by atoms with Gasteiger partial charge in [0, 0.05) is 6.54 Å². The number of ketones is 1. The fourth-order valence-electron chi connectivity index (χ4n) is 2.14. The minimum atomic E-state index is -0.695. The molecule has 5 nitrogen and oxygen atoms in total. The van der Waals surface area contributed by atoms with Gasteiger partial charge in [-0.05, 0) is 24.6 Å². The van der Waals surface area contributed by atoms with E-state index in [1.165, 1.54) is 11.0 Å². The number of Topliss-reactive ketones (excluding diaryl/α,β-unsaturated/α-hetero) is 1. The monoisotopic (exact) mass is 267 g/mol. The van der Waals surface area contributed by atoms with Crippen molar-refractivity contribution in [3.63, 3.8) is 0 Å². The van der Waals surface area contributed by atoms with Crippen molar-refractivity contribution in [2.24, 2.45) is 0 Å². The molecule has 0 unspecified atom stereocenters. The summed E-state index contributed by atoms with van der Waals surface area (Å²) in [4.78, 5) is 24.9. The number of carbonyl (C=O) groups excluding carboxylic acids is 2. The number of carbonyl (C=O) groups is 2. The van der Waals surface area contributed by atoms with E-state index in [9.17, 15) is 14.0 Å². The number of hydrogen-bond acceptors (Lipinski definition) is 4. The van der Waals surface area contributed by atoms with E-state index in [0.717, 1.165) is 6.07 Å². The zero-order valence-electron chi connectivity index (χ0n) is 10.5. The molecule has 0 fully saturated rings. The number of rotatable bonds is 5. The smallest absolute Gasteiger partial charge is 0.299 e. The largest absolute Gasteiger partial charge is 0.394 e. The third kappa shape index (κ3) is 2.50. The quantitative estimate of drug-likeness (QED) is 0.629. The minimum Gasteiger partial charge on any atom is -0.394 e. The van der Waals surface area contributed by atoms with Gasteiger partial charge in [-0.25, -0.2) is 4.39 Å². The van der Waals surface area contributed by atoms with Crippen LogP contribution >= 0.6 is 0 Å². The van der Waals surface area contributed by atoms with Gasteiger partial charge >= 0.3 is 0 Å². The number of fused-ring (bicyclic) bond motifs is 1. The van der Waals surface area contributed by atoms with Crippen LogP contribution in [-0.2, 0) is 9.53 Å². The predicted molar refractivity (Wildman–Crippen MR) is 65.7 cm³/mol. The molecule has 0 aliphatic carbocycles. The number of halogens is 1. The first-order valence-corrected chi connectivity index (χ1v) is 5.91. The number of anilines is 1. The van der Waals surface area contributed by atoms with Gasteiger partial charge in [-0.15, -0.1) is 0 Å². The number of benzene rings is 1. The molecule has 1 amide bonds. The number of ether oxygens (including phenoxy) is 1. The van der Waals surface area contributed by atoms with Crippen LogP contribution < -0.4 is 4.90 Å². The van der Waals surface area contributed by atoms with Crippen LogP contribution in [0.5, 0.6) is 0 Å². The van der Waals surface area contributed by atoms with Crippen molar-refractivity contribution in [2.75, 3.05) is 31.3 Å². The number of nitrogens with zero attached hydrogens (tertiary/aromatic N) is 1. The molecule has 1 heterocycles. The Morgan fingerprint density at radius 1 is 1.32 bits per heavy atom. The molecule has 0 saturated carbocycles. The summed E-state index contributed by atoms with van der Waals surface area (Å²) in [6, 6.07) is 2.36. The molecule has 1 aliphatic rings. The summed E-state index contributed by atoms with van der Waals surface area (Å²) in [6.07, 6.45) is 0. The first kappa shape index (κ1) is 13.6. The minimum absolute atomic E-state index is 0.102. The molecule has 1 aromatic rings. The van der Waals surface area contributed by atoms with Crippen LogP contribution in [0.4, 0.5) is 10.1 Å². The van der Waals surface area contributed by atoms with Crippen LogP contribution in [0.3, 0.4) is 0 Å². The first-order chi connectivity index (χ1) is 9.06. The van der Waals surface area contributed by atoms with Crippen LogP contribution in [-0.4, -0.2) is 43.2 Å². The molecule has 6 heteroatoms. The molecule has 0 aromatic heterocycles. The first-order valence-electron chi connectivity index (χ1n) is 5.91. The Bertz CT molecular complexity index is 530. The topological polar surface area (TPSA) is 66.8 Å². The second-order valence-electron chi connectivity index (χ2n) is 4.24. The van der Waals surface area contributed by atoms with Crippen LogP contribution in [0.1, 0.15) is 15.9 Å². The van der Waals surface area contributed by atoms with Crippen LogP contribution in [0.15, 0.2) is 12.1 Å². The molecule has 19 heavy (non-hydrogen) atoms. The standard InChI is InChI=1S/C13H14FNO4/c1-8-6-9(14)7-10-11(8)15(13(18)12(10)17)2-4-19-5-3-16/h6-7,16H,2-5H2,1H3. The Labute approximate surface area is 109 Å². The van der Waals surface area contributed by atoms with E-state index in [-0.39, 0.29) is 31.9 Å². The molecule has 1 N–H and O–H groups in total. The lowest BCUT2D eigenvalue weighted by atomic mass is 10.1. The Morgan fingerprint density at radius 3 is 2.74 bits per heavy atom. The van der Waals surface area contributed by atoms with Crippen LogP contribution in [0, 0.1) is 12.7 Å². The summed E-state index contributed by atoms with van der Waals surface area (Å²) in [5.41, 5.74) is 1.09. The number of hydrogen-bond donors (Lipinski definition) is 1. The maximum absolute atomic E-state index is 13.3. The fourth-order valence-corrected chi connectivity index (χ4v) is 2.14. The second-order valence-corrected chi connectivity index (χ2v) is 4.24. The van der Waals surface area contributed by atoms with Crippen molar-refractivity contribution in [3.8, 4) is 0 Å². The van der Waals surface area contributed by atoms with Gasteiger partial charge in [-0.2, -0.15) is 0 Å². The number of aryl methyl sites for hydroxylation is 1. The van der Waals surface area contributed by atoms with E-state index >= 15 is 0 Å². The van der Waals surface area contributed by atoms with Crippen molar-refractivity contribution < 1.29 is 23.8 Å². The van der Waals surface area contributed by atoms with Crippen molar-refractivity contribution in [2.45, 2.75) is 6.92 Å². The molecule has 0 atom stereocenters. The van der Waals surface area contributed by atoms with E-state index in [0.29, 0.717) is 11.3 Å². The maximum Gasteiger partial charge on any atom is 0.299 e. The third-order valence-electron chi connectivity index (χ3n) is 2.91. The van der Waals surface area contributed by atoms with E-state index in [1.807, 2.05) is 0 Å². The van der Waals surface area contributed by atoms with Gasteiger partial charge in [0.15, 0.2) is 0 Å². The fraction of sp³-hybridized carbons (Fsp3) is 0.385. The van der Waals surface area contributed by atoms with Crippen molar-refractivity contribution in [1.82, 2.24) is 0 Å². The van der Waals surface area contributed by atoms with E-state index in [1.54, 1.807) is 6.92 Å². The summed E-state index contributed by atoms with van der Waals surface area (Å²) in [7, 11) is 0. The van der Waals surface area contributed by atoms with Gasteiger partial charge in [-0.1, -0.05) is 0 Å². The van der Waals surface area contributed by atoms with Crippen molar-refractivity contribution >= 4 is 17.4 Å². The zero-order chi connectivity index (χ0) is 14.0. The number of aliphatic hydroxyl groups is 1. The molecule has 0 bridgehead atoms. The molecular weight excluding hydrogens is 253 g/mol. The normalized spacial score (nSPS) is 14.2. The summed E-state index contributed by atoms with van der Waals surface area (Å²) >= 11 is 0. The van der Waals surface area contributed by atoms with E-state index in [2.05, 4.69) is 0 Å². The molecule has 2 rings (SSSR count). The van der Waals surface area contributed by atoms with Gasteiger partial charge in [0.05, 0.1) is 31.1 Å². The SMILES string of the molecule is Cc1cc(F)cc2c1N(CCOCCO)C(=O)C2=O. The van der Waals surface area contributed by atoms with Gasteiger partial charge in [0.1, 0.15) is 5.82 Å². The summed E-state index contributed by atoms with van der Waals surface area (Å²) < 4.78 is 18.3. The highest BCUT2D eigenvalue weighted by Gasteiger charge is 2.37. The molecule has 1 aliphatic heterocycles. The van der Waals surface area contributed by atoms with E-state index < -0.39 is 17.5 Å². The van der Waals surface area contributed by atoms with Gasteiger partial charge in [-0.3, -0.25) is 9.59 Å². The number of amides is 1. The highest BCUT2D eigenvalue weighted by atomic mass is 19.1. The zero-order valence-corrected chi connectivity index (χ0v) is 10.5. The second kappa shape index (κ2) is 5.46. The summed E-state index contributed by atoms with van der Waals surface area (Å²) in [6.45, 7) is 2.12. The Hall–Kier alpha value is -1.79. The van der Waals surface area contributed by atoms with Crippen molar-refractivity contribution in [1.29, 1.82) is 0 Å². The van der Waals surface area contributed by atoms with E-state index in [4.69, 9.17) is 9.84 Å². The average Bonchev–Trinajstić information content (AvgIpc) is 2.60. The van der Waals surface area contributed by atoms with Gasteiger partial charge in [0.25, 0.3) is 11.7 Å². The Morgan fingerprint density at radius 2 is 2.05 bits per heavy atom. The highest BCUT2D eigenvalue weighted by molar-refractivity contribution is 6.52. The molecule has 1 aromatic carbocycles. The van der Waals surface area contributed by atoms with Crippen molar-refractivity contribution in [3.05, 3.63) is 29.1 Å². The summed E-state index contributed by atoms with van der Waals surface area (Å²) in [5, 5.41) is 8.58. The molecule has 0 radical (unpaired) electrons. The lowest BCUT2D eigenvalue weighted by molar-refractivity contribution is -0.114. The Kier molecular flexibility index (Phi) is 3.92. The predicted octanol–water partition coefficient (Wildman–Crippen LogP) is 0.672. The van der Waals surface area contributed by atoms with Gasteiger partial charge < -0.3 is 14.7 Å². The number of aliphatic hydroxyl groups excluding tert-OH is 1. The molecule has 102 valence electrons. The molecule has 0 saturated heterocycles. The van der Waals surface area contributed by atoms with Gasteiger partial charge in [0.2, 0.25) is 0 Å². The highest BCUT2D eigenvalue weighted by Crippen LogP contribution is 2.32. The average molecular weight is 267 g/mol. The third-order valence-corrected chi connectivity index (χ3v) is 2.91. The maximum atomic E-state index is 13.3. The van der Waals surface area contributed by atoms with Crippen LogP contribution in [0.25, 0.3) is 0 Å². The molecule has 0 spiro atoms.